The number of hydrogen-bond donors (Lipinski definition) is 0. The normalized spacial score (nSPS) is 15.9. The third-order valence-corrected chi connectivity index (χ3v) is 9.71. The van der Waals surface area contributed by atoms with E-state index in [0.29, 0.717) is 0 Å². The molecule has 0 fully saturated rings. The van der Waals surface area contributed by atoms with Crippen LogP contribution in [0.25, 0.3) is 11.1 Å². The van der Waals surface area contributed by atoms with Crippen molar-refractivity contribution >= 4 is 45.2 Å². The van der Waals surface area contributed by atoms with E-state index in [1.807, 2.05) is 0 Å². The van der Waals surface area contributed by atoms with Crippen LogP contribution >= 0.6 is 45.2 Å². The predicted molar refractivity (Wildman–Crippen MR) is 172 cm³/mol. The van der Waals surface area contributed by atoms with Crippen LogP contribution in [0, 0.1) is 30.8 Å². The molecule has 0 radical (unpaired) electrons. The Morgan fingerprint density at radius 3 is 1.34 bits per heavy atom. The Morgan fingerprint density at radius 2 is 0.971 bits per heavy atom. The molecule has 2 heteroatoms. The summed E-state index contributed by atoms with van der Waals surface area (Å²) in [5.41, 5.74) is 6.40. The molecule has 0 heterocycles. The van der Waals surface area contributed by atoms with Gasteiger partial charge in [0.1, 0.15) is 0 Å². The lowest BCUT2D eigenvalue weighted by molar-refractivity contribution is 0.327. The summed E-state index contributed by atoms with van der Waals surface area (Å²) in [6, 6.07) is 14.5. The fraction of sp³-hybridized carbons (Fsp3) is 0.636. The van der Waals surface area contributed by atoms with E-state index in [-0.39, 0.29) is 5.41 Å². The molecule has 35 heavy (non-hydrogen) atoms. The molecule has 1 aliphatic rings. The summed E-state index contributed by atoms with van der Waals surface area (Å²) in [5, 5.41) is 0. The van der Waals surface area contributed by atoms with Crippen LogP contribution in [-0.4, -0.2) is 0 Å². The summed E-state index contributed by atoms with van der Waals surface area (Å²) in [4.78, 5) is 0. The highest BCUT2D eigenvalue weighted by molar-refractivity contribution is 14.1. The smallest absolute Gasteiger partial charge is 0.0216 e. The van der Waals surface area contributed by atoms with Crippen molar-refractivity contribution in [3.8, 4) is 11.1 Å². The lowest BCUT2D eigenvalue weighted by atomic mass is 9.69. The standard InChI is InChI=1S/C33H48I2/c1-23(2)9-7-11-25(5)17-19-33(20-18-26(6)12-8-10-24(3)4)31-21-27(34)13-15-29(31)30-16-14-28(35)22-32(30)33/h13-16,21-26H,7-12,17-20H2,1-6H3/t25-,26-/m0/s1. The van der Waals surface area contributed by atoms with Crippen LogP contribution in [0.3, 0.4) is 0 Å². The molecule has 3 rings (SSSR count). The molecule has 0 nitrogen and oxygen atoms in total. The third kappa shape index (κ3) is 7.94. The van der Waals surface area contributed by atoms with Gasteiger partial charge in [-0.05, 0) is 141 Å². The van der Waals surface area contributed by atoms with Crippen LogP contribution in [-0.2, 0) is 5.41 Å². The topological polar surface area (TPSA) is 0 Å². The third-order valence-electron chi connectivity index (χ3n) is 8.37. The van der Waals surface area contributed by atoms with Gasteiger partial charge in [-0.2, -0.15) is 0 Å². The van der Waals surface area contributed by atoms with E-state index in [2.05, 4.69) is 123 Å². The van der Waals surface area contributed by atoms with Crippen LogP contribution < -0.4 is 0 Å². The second-order valence-corrected chi connectivity index (χ2v) is 14.9. The minimum atomic E-state index is 0.172. The lowest BCUT2D eigenvalue weighted by Gasteiger charge is -2.35. The van der Waals surface area contributed by atoms with Crippen LogP contribution in [0.1, 0.15) is 117 Å². The van der Waals surface area contributed by atoms with Gasteiger partial charge in [0.2, 0.25) is 0 Å². The molecular weight excluding hydrogens is 650 g/mol. The summed E-state index contributed by atoms with van der Waals surface area (Å²) < 4.78 is 2.76. The number of benzene rings is 2. The summed E-state index contributed by atoms with van der Waals surface area (Å²) in [5.74, 6) is 3.24. The van der Waals surface area contributed by atoms with Gasteiger partial charge in [-0.25, -0.2) is 0 Å². The van der Waals surface area contributed by atoms with Crippen molar-refractivity contribution in [2.45, 2.75) is 111 Å². The minimum Gasteiger partial charge on any atom is -0.0628 e. The Kier molecular flexibility index (Phi) is 11.5. The summed E-state index contributed by atoms with van der Waals surface area (Å²) in [7, 11) is 0. The van der Waals surface area contributed by atoms with Crippen LogP contribution in [0.2, 0.25) is 0 Å². The van der Waals surface area contributed by atoms with Gasteiger partial charge in [0.05, 0.1) is 0 Å². The molecule has 0 saturated carbocycles. The van der Waals surface area contributed by atoms with Crippen molar-refractivity contribution in [1.29, 1.82) is 0 Å². The Morgan fingerprint density at radius 1 is 0.571 bits per heavy atom. The zero-order valence-electron chi connectivity index (χ0n) is 23.1. The van der Waals surface area contributed by atoms with E-state index in [1.54, 1.807) is 11.1 Å². The molecule has 0 spiro atoms. The second-order valence-electron chi connectivity index (χ2n) is 12.4. The first kappa shape index (κ1) is 29.5. The first-order valence-electron chi connectivity index (χ1n) is 14.2. The molecule has 0 bridgehead atoms. The maximum atomic E-state index is 2.53. The van der Waals surface area contributed by atoms with E-state index in [9.17, 15) is 0 Å². The van der Waals surface area contributed by atoms with Crippen molar-refractivity contribution in [2.24, 2.45) is 23.7 Å². The number of halogens is 2. The molecular formula is C33H48I2. The van der Waals surface area contributed by atoms with Crippen molar-refractivity contribution in [3.63, 3.8) is 0 Å². The molecule has 2 aromatic carbocycles. The first-order chi connectivity index (χ1) is 16.6. The monoisotopic (exact) mass is 698 g/mol. The van der Waals surface area contributed by atoms with E-state index < -0.39 is 0 Å². The molecule has 1 aliphatic carbocycles. The van der Waals surface area contributed by atoms with Crippen molar-refractivity contribution in [1.82, 2.24) is 0 Å². The molecule has 0 aliphatic heterocycles. The fourth-order valence-electron chi connectivity index (χ4n) is 6.13. The second kappa shape index (κ2) is 13.6. The van der Waals surface area contributed by atoms with Gasteiger partial charge in [0, 0.05) is 12.6 Å². The highest BCUT2D eigenvalue weighted by Crippen LogP contribution is 2.55. The van der Waals surface area contributed by atoms with E-state index in [4.69, 9.17) is 0 Å². The predicted octanol–water partition coefficient (Wildman–Crippen LogP) is 11.6. The molecule has 0 saturated heterocycles. The molecule has 0 unspecified atom stereocenters. The van der Waals surface area contributed by atoms with Gasteiger partial charge < -0.3 is 0 Å². The van der Waals surface area contributed by atoms with Gasteiger partial charge in [0.15, 0.2) is 0 Å². The highest BCUT2D eigenvalue weighted by Gasteiger charge is 2.43. The maximum Gasteiger partial charge on any atom is 0.0216 e. The molecule has 194 valence electrons. The first-order valence-corrected chi connectivity index (χ1v) is 16.4. The molecule has 2 aromatic rings. The average molecular weight is 699 g/mol. The summed E-state index contributed by atoms with van der Waals surface area (Å²) in [6.45, 7) is 14.4. The molecule has 0 amide bonds. The van der Waals surface area contributed by atoms with Crippen LogP contribution in [0.5, 0.6) is 0 Å². The largest absolute Gasteiger partial charge is 0.0628 e. The quantitative estimate of drug-likeness (QED) is 0.172. The van der Waals surface area contributed by atoms with Gasteiger partial charge >= 0.3 is 0 Å². The lowest BCUT2D eigenvalue weighted by Crippen LogP contribution is -2.27. The van der Waals surface area contributed by atoms with Crippen molar-refractivity contribution < 1.29 is 0 Å². The van der Waals surface area contributed by atoms with E-state index >= 15 is 0 Å². The Hall–Kier alpha value is -0.100. The van der Waals surface area contributed by atoms with Crippen LogP contribution in [0.15, 0.2) is 36.4 Å². The molecule has 0 N–H and O–H groups in total. The average Bonchev–Trinajstić information content (AvgIpc) is 3.04. The van der Waals surface area contributed by atoms with Gasteiger partial charge in [0.25, 0.3) is 0 Å². The highest BCUT2D eigenvalue weighted by atomic mass is 127. The summed E-state index contributed by atoms with van der Waals surface area (Å²) in [6.07, 6.45) is 13.5. The van der Waals surface area contributed by atoms with E-state index in [0.717, 1.165) is 23.7 Å². The zero-order chi connectivity index (χ0) is 25.6. The Bertz CT molecular complexity index is 865. The van der Waals surface area contributed by atoms with E-state index in [1.165, 1.54) is 82.5 Å². The van der Waals surface area contributed by atoms with Gasteiger partial charge in [-0.3, -0.25) is 0 Å². The number of fused-ring (bicyclic) bond motifs is 3. The fourth-order valence-corrected chi connectivity index (χ4v) is 7.11. The Balaban J connectivity index is 1.88. The molecule has 2 atom stereocenters. The number of rotatable bonds is 14. The van der Waals surface area contributed by atoms with Crippen LogP contribution in [0.4, 0.5) is 0 Å². The van der Waals surface area contributed by atoms with Gasteiger partial charge in [-0.15, -0.1) is 0 Å². The molecule has 0 aromatic heterocycles. The maximum absolute atomic E-state index is 2.53. The SMILES string of the molecule is CC(C)CCC[C@H](C)CCC1(CC[C@@H](C)CCCC(C)C)c2cc(I)ccc2-c2ccc(I)cc21. The van der Waals surface area contributed by atoms with Crippen molar-refractivity contribution in [2.75, 3.05) is 0 Å². The minimum absolute atomic E-state index is 0.172. The summed E-state index contributed by atoms with van der Waals surface area (Å²) >= 11 is 5.05. The van der Waals surface area contributed by atoms with Gasteiger partial charge in [-0.1, -0.05) is 92.2 Å². The Labute approximate surface area is 244 Å². The number of hydrogen-bond acceptors (Lipinski definition) is 0. The van der Waals surface area contributed by atoms with Crippen molar-refractivity contribution in [3.05, 3.63) is 54.7 Å². The zero-order valence-corrected chi connectivity index (χ0v) is 27.4.